The summed E-state index contributed by atoms with van der Waals surface area (Å²) in [4.78, 5) is 45.3. The molecule has 1 aliphatic rings. The standard InChI is InChI=1S/C40H37N3O7S/c1-5-48-31-19-17-28(18-20-31)36-35(37(44)42-30-10-8-7-9-11-30)25(3)41-40-43(36)38(45)34(51-40)23-27-14-21-32(33(22-27)47-4)50-24-26-12-15-29(16-13-26)39(46)49-6-2/h7-23,36H,5-6,24H2,1-4H3,(H,42,44)/b34-23-/t36-/m0/s1. The Kier molecular flexibility index (Phi) is 10.8. The summed E-state index contributed by atoms with van der Waals surface area (Å²) >= 11 is 1.25. The lowest BCUT2D eigenvalue weighted by atomic mass is 9.95. The molecule has 1 amide bonds. The number of fused-ring (bicyclic) bond motifs is 1. The lowest BCUT2D eigenvalue weighted by molar-refractivity contribution is -0.113. The summed E-state index contributed by atoms with van der Waals surface area (Å²) in [5.74, 6) is 0.989. The maximum absolute atomic E-state index is 14.2. The number of hydrogen-bond acceptors (Lipinski definition) is 9. The van der Waals surface area contributed by atoms with Crippen molar-refractivity contribution in [2.24, 2.45) is 4.99 Å². The fourth-order valence-corrected chi connectivity index (χ4v) is 6.76. The summed E-state index contributed by atoms with van der Waals surface area (Å²) in [5.41, 5.74) is 4.06. The van der Waals surface area contributed by atoms with Gasteiger partial charge in [-0.2, -0.15) is 0 Å². The van der Waals surface area contributed by atoms with Crippen LogP contribution in [0.4, 0.5) is 5.69 Å². The Labute approximate surface area is 298 Å². The highest BCUT2D eigenvalue weighted by atomic mass is 32.1. The summed E-state index contributed by atoms with van der Waals surface area (Å²) in [7, 11) is 1.55. The second-order valence-corrected chi connectivity index (χ2v) is 12.5. The quantitative estimate of drug-likeness (QED) is 0.158. The SMILES string of the molecule is CCOC(=O)c1ccc(COc2ccc(/C=c3\sc4n(c3=O)[C@@H](c3ccc(OCC)cc3)C(C(=O)Nc3ccccc3)=C(C)N=4)cc2OC)cc1. The maximum atomic E-state index is 14.2. The van der Waals surface area contributed by atoms with Crippen LogP contribution in [-0.2, 0) is 16.1 Å². The van der Waals surface area contributed by atoms with E-state index in [1.807, 2.05) is 79.7 Å². The third-order valence-corrected chi connectivity index (χ3v) is 9.13. The van der Waals surface area contributed by atoms with E-state index in [1.165, 1.54) is 11.3 Å². The van der Waals surface area contributed by atoms with Gasteiger partial charge in [-0.05, 0) is 92.1 Å². The fraction of sp³-hybridized carbons (Fsp3) is 0.200. The number of amides is 1. The molecule has 1 atom stereocenters. The van der Waals surface area contributed by atoms with Gasteiger partial charge in [-0.3, -0.25) is 14.2 Å². The van der Waals surface area contributed by atoms with Crippen molar-refractivity contribution in [3.05, 3.63) is 150 Å². The van der Waals surface area contributed by atoms with Crippen LogP contribution in [0.1, 0.15) is 53.9 Å². The van der Waals surface area contributed by atoms with E-state index < -0.39 is 6.04 Å². The van der Waals surface area contributed by atoms with Gasteiger partial charge in [0.25, 0.3) is 11.5 Å². The number of ether oxygens (including phenoxy) is 4. The van der Waals surface area contributed by atoms with Gasteiger partial charge >= 0.3 is 5.97 Å². The lowest BCUT2D eigenvalue weighted by Gasteiger charge is -2.25. The van der Waals surface area contributed by atoms with E-state index in [-0.39, 0.29) is 24.0 Å². The first-order valence-corrected chi connectivity index (χ1v) is 17.3. The molecule has 0 saturated carbocycles. The molecule has 2 heterocycles. The van der Waals surface area contributed by atoms with E-state index in [9.17, 15) is 14.4 Å². The van der Waals surface area contributed by atoms with E-state index in [4.69, 9.17) is 23.9 Å². The number of nitrogens with zero attached hydrogens (tertiary/aromatic N) is 2. The van der Waals surface area contributed by atoms with Crippen LogP contribution in [0.2, 0.25) is 0 Å². The number of esters is 1. The number of rotatable bonds is 12. The molecule has 0 radical (unpaired) electrons. The van der Waals surface area contributed by atoms with Gasteiger partial charge in [-0.15, -0.1) is 0 Å². The van der Waals surface area contributed by atoms with E-state index in [2.05, 4.69) is 5.32 Å². The van der Waals surface area contributed by atoms with Gasteiger partial charge in [0.2, 0.25) is 0 Å². The highest BCUT2D eigenvalue weighted by Gasteiger charge is 2.32. The predicted octanol–water partition coefficient (Wildman–Crippen LogP) is 6.04. The Morgan fingerprint density at radius 1 is 0.902 bits per heavy atom. The second-order valence-electron chi connectivity index (χ2n) is 11.5. The van der Waals surface area contributed by atoms with Crippen LogP contribution in [0.3, 0.4) is 0 Å². The molecule has 1 aliphatic heterocycles. The lowest BCUT2D eigenvalue weighted by Crippen LogP contribution is -2.40. The number of benzene rings is 4. The first-order chi connectivity index (χ1) is 24.8. The minimum atomic E-state index is -0.723. The molecule has 0 saturated heterocycles. The van der Waals surface area contributed by atoms with E-state index >= 15 is 0 Å². The minimum absolute atomic E-state index is 0.252. The summed E-state index contributed by atoms with van der Waals surface area (Å²) in [6.45, 7) is 6.55. The zero-order chi connectivity index (χ0) is 35.9. The van der Waals surface area contributed by atoms with Crippen molar-refractivity contribution < 1.29 is 28.5 Å². The molecule has 1 N–H and O–H groups in total. The van der Waals surface area contributed by atoms with Gasteiger partial charge in [-0.1, -0.05) is 59.9 Å². The average molecular weight is 704 g/mol. The smallest absolute Gasteiger partial charge is 0.338 e. The number of para-hydroxylation sites is 1. The van der Waals surface area contributed by atoms with Gasteiger partial charge < -0.3 is 24.3 Å². The fourth-order valence-electron chi connectivity index (χ4n) is 5.72. The first-order valence-electron chi connectivity index (χ1n) is 16.5. The maximum Gasteiger partial charge on any atom is 0.338 e. The van der Waals surface area contributed by atoms with Gasteiger partial charge in [-0.25, -0.2) is 9.79 Å². The van der Waals surface area contributed by atoms with E-state index in [0.717, 1.165) is 16.7 Å². The molecule has 4 aromatic carbocycles. The monoisotopic (exact) mass is 703 g/mol. The number of aromatic nitrogens is 1. The molecule has 0 bridgehead atoms. The minimum Gasteiger partial charge on any atom is -0.494 e. The Balaban J connectivity index is 1.31. The van der Waals surface area contributed by atoms with Crippen molar-refractivity contribution in [3.8, 4) is 17.2 Å². The van der Waals surface area contributed by atoms with Crippen LogP contribution in [-0.4, -0.2) is 36.8 Å². The summed E-state index contributed by atoms with van der Waals surface area (Å²) < 4.78 is 24.4. The molecular weight excluding hydrogens is 667 g/mol. The Hall–Kier alpha value is -5.94. The third-order valence-electron chi connectivity index (χ3n) is 8.15. The van der Waals surface area contributed by atoms with Crippen LogP contribution in [0.15, 0.2) is 118 Å². The predicted molar refractivity (Wildman–Crippen MR) is 196 cm³/mol. The molecule has 11 heteroatoms. The number of allylic oxidation sites excluding steroid dienone is 1. The zero-order valence-corrected chi connectivity index (χ0v) is 29.5. The Morgan fingerprint density at radius 3 is 2.33 bits per heavy atom. The third kappa shape index (κ3) is 7.79. The van der Waals surface area contributed by atoms with E-state index in [0.29, 0.717) is 62.3 Å². The van der Waals surface area contributed by atoms with Crippen molar-refractivity contribution in [1.29, 1.82) is 0 Å². The van der Waals surface area contributed by atoms with Crippen molar-refractivity contribution in [1.82, 2.24) is 4.57 Å². The normalized spacial score (nSPS) is 14.0. The molecule has 260 valence electrons. The molecule has 0 fully saturated rings. The first kappa shape index (κ1) is 34.9. The van der Waals surface area contributed by atoms with Gasteiger partial charge in [0.15, 0.2) is 16.3 Å². The number of carbonyl (C=O) groups is 2. The average Bonchev–Trinajstić information content (AvgIpc) is 3.44. The number of nitrogens with one attached hydrogen (secondary N) is 1. The summed E-state index contributed by atoms with van der Waals surface area (Å²) in [5, 5.41) is 2.97. The largest absolute Gasteiger partial charge is 0.494 e. The molecule has 51 heavy (non-hydrogen) atoms. The molecule has 0 spiro atoms. The van der Waals surface area contributed by atoms with Crippen molar-refractivity contribution >= 4 is 35.0 Å². The van der Waals surface area contributed by atoms with Crippen molar-refractivity contribution in [2.45, 2.75) is 33.4 Å². The zero-order valence-electron chi connectivity index (χ0n) is 28.7. The molecule has 5 aromatic rings. The Bertz CT molecular complexity index is 2260. The summed E-state index contributed by atoms with van der Waals surface area (Å²) in [6, 6.07) is 28.3. The van der Waals surface area contributed by atoms with E-state index in [1.54, 1.807) is 55.9 Å². The van der Waals surface area contributed by atoms with Crippen LogP contribution < -0.4 is 34.4 Å². The number of carbonyl (C=O) groups excluding carboxylic acids is 2. The topological polar surface area (TPSA) is 117 Å². The van der Waals surface area contributed by atoms with Crippen molar-refractivity contribution in [2.75, 3.05) is 25.6 Å². The molecule has 10 nitrogen and oxygen atoms in total. The summed E-state index contributed by atoms with van der Waals surface area (Å²) in [6.07, 6.45) is 1.78. The van der Waals surface area contributed by atoms with Crippen LogP contribution in [0.5, 0.6) is 17.2 Å². The number of hydrogen-bond donors (Lipinski definition) is 1. The molecule has 0 aliphatic carbocycles. The van der Waals surface area contributed by atoms with Crippen LogP contribution in [0, 0.1) is 0 Å². The highest BCUT2D eigenvalue weighted by molar-refractivity contribution is 7.07. The van der Waals surface area contributed by atoms with Gasteiger partial charge in [0.05, 0.1) is 47.7 Å². The van der Waals surface area contributed by atoms with Crippen LogP contribution in [0.25, 0.3) is 6.08 Å². The Morgan fingerprint density at radius 2 is 1.65 bits per heavy atom. The molecular formula is C40H37N3O7S. The highest BCUT2D eigenvalue weighted by Crippen LogP contribution is 2.32. The molecule has 0 unspecified atom stereocenters. The number of anilines is 1. The second kappa shape index (κ2) is 15.7. The van der Waals surface area contributed by atoms with Gasteiger partial charge in [0, 0.05) is 5.69 Å². The molecule has 1 aromatic heterocycles. The number of thiazole rings is 1. The van der Waals surface area contributed by atoms with Crippen LogP contribution >= 0.6 is 11.3 Å². The van der Waals surface area contributed by atoms with Gasteiger partial charge in [0.1, 0.15) is 12.4 Å². The number of methoxy groups -OCH3 is 1. The molecule has 6 rings (SSSR count). The van der Waals surface area contributed by atoms with Crippen molar-refractivity contribution in [3.63, 3.8) is 0 Å².